The highest BCUT2D eigenvalue weighted by Crippen LogP contribution is 2.23. The van der Waals surface area contributed by atoms with Gasteiger partial charge < -0.3 is 5.11 Å². The summed E-state index contributed by atoms with van der Waals surface area (Å²) in [4.78, 5) is 31.1. The normalized spacial score (nSPS) is 10.5. The number of ketones is 1. The average Bonchev–Trinajstić information content (AvgIpc) is 2.99. The number of carbonyl (C=O) groups is 2. The number of hydrogen-bond acceptors (Lipinski definition) is 5. The molecular formula is C17H14N4O3. The van der Waals surface area contributed by atoms with Crippen LogP contribution in [0, 0.1) is 0 Å². The van der Waals surface area contributed by atoms with Crippen molar-refractivity contribution in [1.82, 2.24) is 19.7 Å². The van der Waals surface area contributed by atoms with Gasteiger partial charge in [0.15, 0.2) is 17.4 Å². The molecule has 120 valence electrons. The van der Waals surface area contributed by atoms with E-state index in [9.17, 15) is 9.59 Å². The van der Waals surface area contributed by atoms with Gasteiger partial charge >= 0.3 is 5.97 Å². The molecule has 7 nitrogen and oxygen atoms in total. The highest BCUT2D eigenvalue weighted by molar-refractivity contribution is 5.95. The number of Topliss-reactive ketones (excluding diaryl/α,β-unsaturated/α-hetero) is 1. The van der Waals surface area contributed by atoms with Crippen LogP contribution in [-0.4, -0.2) is 36.6 Å². The molecule has 0 aliphatic rings. The third kappa shape index (κ3) is 3.19. The van der Waals surface area contributed by atoms with Crippen LogP contribution in [0.15, 0.2) is 48.8 Å². The molecule has 2 heterocycles. The summed E-state index contributed by atoms with van der Waals surface area (Å²) >= 11 is 0. The molecule has 0 spiro atoms. The van der Waals surface area contributed by atoms with E-state index in [4.69, 9.17) is 5.11 Å². The molecule has 0 radical (unpaired) electrons. The van der Waals surface area contributed by atoms with Crippen LogP contribution < -0.4 is 0 Å². The molecule has 0 aliphatic heterocycles. The van der Waals surface area contributed by atoms with Crippen molar-refractivity contribution in [2.45, 2.75) is 13.5 Å². The van der Waals surface area contributed by atoms with Crippen LogP contribution >= 0.6 is 0 Å². The van der Waals surface area contributed by atoms with E-state index in [0.717, 1.165) is 5.56 Å². The van der Waals surface area contributed by atoms with E-state index in [1.54, 1.807) is 48.8 Å². The Labute approximate surface area is 137 Å². The Morgan fingerprint density at radius 1 is 1.12 bits per heavy atom. The van der Waals surface area contributed by atoms with Crippen molar-refractivity contribution in [2.24, 2.45) is 0 Å². The Morgan fingerprint density at radius 2 is 1.88 bits per heavy atom. The fraction of sp³-hybridized carbons (Fsp3) is 0.118. The molecule has 0 amide bonds. The molecule has 0 bridgehead atoms. The van der Waals surface area contributed by atoms with Gasteiger partial charge in [0.05, 0.1) is 0 Å². The molecule has 7 heteroatoms. The highest BCUT2D eigenvalue weighted by atomic mass is 16.4. The molecule has 3 aromatic rings. The van der Waals surface area contributed by atoms with Gasteiger partial charge in [0.2, 0.25) is 0 Å². The zero-order chi connectivity index (χ0) is 17.1. The number of benzene rings is 1. The van der Waals surface area contributed by atoms with Gasteiger partial charge in [-0.05, 0) is 25.1 Å². The molecule has 0 fully saturated rings. The van der Waals surface area contributed by atoms with Gasteiger partial charge in [-0.3, -0.25) is 14.6 Å². The van der Waals surface area contributed by atoms with Crippen LogP contribution in [0.4, 0.5) is 0 Å². The number of nitrogens with zero attached hydrogens (tertiary/aromatic N) is 4. The number of carboxylic acids is 1. The van der Waals surface area contributed by atoms with E-state index >= 15 is 0 Å². The summed E-state index contributed by atoms with van der Waals surface area (Å²) in [7, 11) is 0. The first-order valence-electron chi connectivity index (χ1n) is 7.23. The third-order valence-electron chi connectivity index (χ3n) is 3.42. The lowest BCUT2D eigenvalue weighted by Gasteiger charge is -2.04. The Morgan fingerprint density at radius 3 is 2.54 bits per heavy atom. The van der Waals surface area contributed by atoms with Gasteiger partial charge in [-0.15, -0.1) is 5.10 Å². The van der Waals surface area contributed by atoms with Gasteiger partial charge in [0, 0.05) is 29.1 Å². The van der Waals surface area contributed by atoms with Crippen LogP contribution in [-0.2, 0) is 11.3 Å². The second kappa shape index (κ2) is 6.41. The molecule has 0 unspecified atom stereocenters. The first kappa shape index (κ1) is 15.5. The van der Waals surface area contributed by atoms with Crippen LogP contribution in [0.3, 0.4) is 0 Å². The number of carboxylic acid groups (broad SMARTS) is 1. The zero-order valence-corrected chi connectivity index (χ0v) is 12.9. The number of rotatable bonds is 5. The van der Waals surface area contributed by atoms with Crippen molar-refractivity contribution < 1.29 is 14.7 Å². The quantitative estimate of drug-likeness (QED) is 0.724. The number of carbonyl (C=O) groups excluding carboxylic acids is 1. The van der Waals surface area contributed by atoms with E-state index in [1.165, 1.54) is 11.6 Å². The predicted molar refractivity (Wildman–Crippen MR) is 86.3 cm³/mol. The Balaban J connectivity index is 2.12. The van der Waals surface area contributed by atoms with Gasteiger partial charge in [-0.25, -0.2) is 9.67 Å². The van der Waals surface area contributed by atoms with Gasteiger partial charge in [0.1, 0.15) is 6.54 Å². The summed E-state index contributed by atoms with van der Waals surface area (Å²) in [5, 5.41) is 13.4. The van der Waals surface area contributed by atoms with Crippen LogP contribution in [0.2, 0.25) is 0 Å². The topological polar surface area (TPSA) is 98.0 Å². The van der Waals surface area contributed by atoms with E-state index in [1.807, 2.05) is 0 Å². The summed E-state index contributed by atoms with van der Waals surface area (Å²) in [5.41, 5.74) is 1.90. The maximum atomic E-state index is 11.6. The van der Waals surface area contributed by atoms with Crippen molar-refractivity contribution in [3.8, 4) is 22.8 Å². The van der Waals surface area contributed by atoms with Crippen molar-refractivity contribution in [3.63, 3.8) is 0 Å². The first-order valence-corrected chi connectivity index (χ1v) is 7.23. The lowest BCUT2D eigenvalue weighted by molar-refractivity contribution is -0.137. The SMILES string of the molecule is CC(=O)c1cccc(-c2nc(-c3ccncc3)nn2CC(=O)O)c1. The first-order chi connectivity index (χ1) is 11.5. The lowest BCUT2D eigenvalue weighted by atomic mass is 10.1. The molecule has 3 rings (SSSR count). The minimum absolute atomic E-state index is 0.0736. The molecule has 1 aromatic carbocycles. The van der Waals surface area contributed by atoms with Crippen molar-refractivity contribution in [2.75, 3.05) is 0 Å². The van der Waals surface area contributed by atoms with Gasteiger partial charge in [-0.1, -0.05) is 18.2 Å². The summed E-state index contributed by atoms with van der Waals surface area (Å²) in [6.07, 6.45) is 3.23. The van der Waals surface area contributed by atoms with Crippen LogP contribution in [0.5, 0.6) is 0 Å². The third-order valence-corrected chi connectivity index (χ3v) is 3.42. The molecule has 1 N–H and O–H groups in total. The minimum atomic E-state index is -1.02. The monoisotopic (exact) mass is 322 g/mol. The van der Waals surface area contributed by atoms with E-state index < -0.39 is 5.97 Å². The van der Waals surface area contributed by atoms with Gasteiger partial charge in [-0.2, -0.15) is 0 Å². The van der Waals surface area contributed by atoms with Crippen LogP contribution in [0.1, 0.15) is 17.3 Å². The number of aliphatic carboxylic acids is 1. The second-order valence-corrected chi connectivity index (χ2v) is 5.18. The fourth-order valence-corrected chi connectivity index (χ4v) is 2.29. The van der Waals surface area contributed by atoms with Crippen molar-refractivity contribution >= 4 is 11.8 Å². The highest BCUT2D eigenvalue weighted by Gasteiger charge is 2.16. The maximum absolute atomic E-state index is 11.6. The molecule has 0 saturated carbocycles. The minimum Gasteiger partial charge on any atom is -0.480 e. The van der Waals surface area contributed by atoms with Crippen LogP contribution in [0.25, 0.3) is 22.8 Å². The zero-order valence-electron chi connectivity index (χ0n) is 12.9. The standard InChI is InChI=1S/C17H14N4O3/c1-11(22)13-3-2-4-14(9-13)17-19-16(12-5-7-18-8-6-12)20-21(17)10-15(23)24/h2-9H,10H2,1H3,(H,23,24). The summed E-state index contributed by atoms with van der Waals surface area (Å²) < 4.78 is 1.32. The summed E-state index contributed by atoms with van der Waals surface area (Å²) in [5.74, 6) is -0.296. The molecule has 2 aromatic heterocycles. The summed E-state index contributed by atoms with van der Waals surface area (Å²) in [6.45, 7) is 1.15. The van der Waals surface area contributed by atoms with Crippen molar-refractivity contribution in [1.29, 1.82) is 0 Å². The lowest BCUT2D eigenvalue weighted by Crippen LogP contribution is -2.11. The van der Waals surface area contributed by atoms with E-state index in [2.05, 4.69) is 15.1 Å². The predicted octanol–water partition coefficient (Wildman–Crippen LogP) is 2.29. The second-order valence-electron chi connectivity index (χ2n) is 5.18. The largest absolute Gasteiger partial charge is 0.480 e. The Bertz CT molecular complexity index is 903. The number of pyridine rings is 1. The fourth-order valence-electron chi connectivity index (χ4n) is 2.29. The maximum Gasteiger partial charge on any atom is 0.325 e. The van der Waals surface area contributed by atoms with E-state index in [0.29, 0.717) is 22.8 Å². The molecule has 0 aliphatic carbocycles. The molecular weight excluding hydrogens is 308 g/mol. The molecule has 0 saturated heterocycles. The van der Waals surface area contributed by atoms with Gasteiger partial charge in [0.25, 0.3) is 0 Å². The Kier molecular flexibility index (Phi) is 4.15. The number of aromatic nitrogens is 4. The Hall–Kier alpha value is -3.35. The molecule has 24 heavy (non-hydrogen) atoms. The van der Waals surface area contributed by atoms with E-state index in [-0.39, 0.29) is 12.3 Å². The molecule has 0 atom stereocenters. The summed E-state index contributed by atoms with van der Waals surface area (Å²) in [6, 6.07) is 10.4. The average molecular weight is 322 g/mol. The smallest absolute Gasteiger partial charge is 0.325 e. The number of hydrogen-bond donors (Lipinski definition) is 1. The van der Waals surface area contributed by atoms with Crippen molar-refractivity contribution in [3.05, 3.63) is 54.4 Å².